The van der Waals surface area contributed by atoms with Crippen molar-refractivity contribution in [1.82, 2.24) is 4.90 Å². The highest BCUT2D eigenvalue weighted by Gasteiger charge is 2.06. The molecule has 0 aliphatic carbocycles. The quantitative estimate of drug-likeness (QED) is 0.470. The van der Waals surface area contributed by atoms with Crippen molar-refractivity contribution < 1.29 is 4.79 Å². The van der Waals surface area contributed by atoms with Crippen LogP contribution in [0.3, 0.4) is 0 Å². The van der Waals surface area contributed by atoms with Crippen LogP contribution in [0.2, 0.25) is 0 Å². The van der Waals surface area contributed by atoms with E-state index in [1.165, 1.54) is 23.7 Å². The van der Waals surface area contributed by atoms with Gasteiger partial charge in [-0.15, -0.1) is 0 Å². The van der Waals surface area contributed by atoms with Crippen LogP contribution in [0.25, 0.3) is 0 Å². The molecule has 0 aromatic rings. The van der Waals surface area contributed by atoms with Gasteiger partial charge in [-0.3, -0.25) is 14.7 Å². The van der Waals surface area contributed by atoms with Gasteiger partial charge in [-0.1, -0.05) is 6.58 Å². The highest BCUT2D eigenvalue weighted by molar-refractivity contribution is 5.97. The highest BCUT2D eigenvalue weighted by Crippen LogP contribution is 1.90. The molecular weight excluding hydrogens is 130 g/mol. The van der Waals surface area contributed by atoms with Crippen LogP contribution in [0.5, 0.6) is 0 Å². The van der Waals surface area contributed by atoms with E-state index < -0.39 is 0 Å². The van der Waals surface area contributed by atoms with Crippen molar-refractivity contribution in [2.75, 3.05) is 6.67 Å². The average Bonchev–Trinajstić information content (AvgIpc) is 2.05. The van der Waals surface area contributed by atoms with Gasteiger partial charge in [-0.05, 0) is 6.08 Å². The zero-order valence-corrected chi connectivity index (χ0v) is 5.40. The smallest absolute Gasteiger partial charge is 0.252 e. The average molecular weight is 137 g/mol. The van der Waals surface area contributed by atoms with Gasteiger partial charge in [0.2, 0.25) is 0 Å². The normalized spacial score (nSPS) is 15.4. The molecule has 1 amide bonds. The number of rotatable bonds is 1. The van der Waals surface area contributed by atoms with E-state index in [9.17, 15) is 4.79 Å². The van der Waals surface area contributed by atoms with Crippen molar-refractivity contribution in [2.24, 2.45) is 9.98 Å². The summed E-state index contributed by atoms with van der Waals surface area (Å²) in [6.07, 6.45) is 4.07. The second-order valence-corrected chi connectivity index (χ2v) is 1.72. The molecule has 0 spiro atoms. The zero-order chi connectivity index (χ0) is 7.40. The maximum Gasteiger partial charge on any atom is 0.252 e. The van der Waals surface area contributed by atoms with Gasteiger partial charge in [0.05, 0.1) is 0 Å². The van der Waals surface area contributed by atoms with Crippen LogP contribution >= 0.6 is 0 Å². The van der Waals surface area contributed by atoms with Crippen molar-refractivity contribution in [2.45, 2.75) is 0 Å². The molecule has 52 valence electrons. The van der Waals surface area contributed by atoms with Gasteiger partial charge in [0.15, 0.2) is 0 Å². The Kier molecular flexibility index (Phi) is 1.94. The van der Waals surface area contributed by atoms with Crippen LogP contribution in [-0.4, -0.2) is 30.2 Å². The predicted molar refractivity (Wildman–Crippen MR) is 38.9 cm³/mol. The maximum atomic E-state index is 10.8. The summed E-state index contributed by atoms with van der Waals surface area (Å²) in [5.74, 6) is -0.180. The monoisotopic (exact) mass is 137 g/mol. The Labute approximate surface area is 58.6 Å². The molecule has 1 aliphatic rings. The van der Waals surface area contributed by atoms with E-state index in [-0.39, 0.29) is 5.91 Å². The minimum atomic E-state index is -0.180. The van der Waals surface area contributed by atoms with Crippen molar-refractivity contribution in [1.29, 1.82) is 0 Å². The number of nitrogens with zero attached hydrogens (tertiary/aromatic N) is 3. The van der Waals surface area contributed by atoms with E-state index in [1.54, 1.807) is 0 Å². The number of hydrogen-bond donors (Lipinski definition) is 0. The van der Waals surface area contributed by atoms with Gasteiger partial charge in [-0.25, -0.2) is 4.99 Å². The van der Waals surface area contributed by atoms with E-state index in [0.717, 1.165) is 0 Å². The third-order valence-electron chi connectivity index (χ3n) is 1.05. The molecule has 0 fully saturated rings. The summed E-state index contributed by atoms with van der Waals surface area (Å²) in [6, 6.07) is 0. The lowest BCUT2D eigenvalue weighted by molar-refractivity contribution is -0.122. The summed E-state index contributed by atoms with van der Waals surface area (Å²) in [4.78, 5) is 19.6. The van der Waals surface area contributed by atoms with Gasteiger partial charge in [0.25, 0.3) is 5.91 Å². The predicted octanol–water partition coefficient (Wildman–Crippen LogP) is 0.0287. The molecule has 0 saturated carbocycles. The lowest BCUT2D eigenvalue weighted by Crippen LogP contribution is -2.29. The van der Waals surface area contributed by atoms with Gasteiger partial charge in [-0.2, -0.15) is 0 Å². The Hall–Kier alpha value is -1.45. The molecule has 0 N–H and O–H groups in total. The van der Waals surface area contributed by atoms with Crippen LogP contribution in [0, 0.1) is 0 Å². The molecular formula is C6H7N3O. The van der Waals surface area contributed by atoms with Gasteiger partial charge < -0.3 is 0 Å². The Morgan fingerprint density at radius 3 is 3.10 bits per heavy atom. The fourth-order valence-corrected chi connectivity index (χ4v) is 0.562. The Bertz CT molecular complexity index is 207. The second kappa shape index (κ2) is 2.91. The molecule has 0 bridgehead atoms. The zero-order valence-electron chi connectivity index (χ0n) is 5.40. The van der Waals surface area contributed by atoms with Crippen LogP contribution in [-0.2, 0) is 4.79 Å². The Balaban J connectivity index is 2.59. The molecule has 4 nitrogen and oxygen atoms in total. The number of hydrogen-bond acceptors (Lipinski definition) is 3. The molecule has 1 heterocycles. The van der Waals surface area contributed by atoms with E-state index in [0.29, 0.717) is 6.67 Å². The first kappa shape index (κ1) is 6.67. The first-order chi connectivity index (χ1) is 4.84. The van der Waals surface area contributed by atoms with Crippen LogP contribution in [0.15, 0.2) is 22.6 Å². The van der Waals surface area contributed by atoms with Gasteiger partial charge in [0.1, 0.15) is 19.3 Å². The van der Waals surface area contributed by atoms with Crippen molar-refractivity contribution in [3.63, 3.8) is 0 Å². The molecule has 10 heavy (non-hydrogen) atoms. The van der Waals surface area contributed by atoms with Gasteiger partial charge >= 0.3 is 0 Å². The summed E-state index contributed by atoms with van der Waals surface area (Å²) >= 11 is 0. The summed E-state index contributed by atoms with van der Waals surface area (Å²) in [5, 5.41) is 0. The highest BCUT2D eigenvalue weighted by atomic mass is 16.2. The summed E-state index contributed by atoms with van der Waals surface area (Å²) in [5.41, 5.74) is 0. The minimum absolute atomic E-state index is 0.180. The van der Waals surface area contributed by atoms with Crippen LogP contribution in [0.4, 0.5) is 0 Å². The Morgan fingerprint density at radius 1 is 1.80 bits per heavy atom. The first-order valence-corrected chi connectivity index (χ1v) is 2.79. The maximum absolute atomic E-state index is 10.8. The van der Waals surface area contributed by atoms with E-state index in [1.807, 2.05) is 0 Å². The van der Waals surface area contributed by atoms with Crippen molar-refractivity contribution in [3.05, 3.63) is 12.7 Å². The molecule has 0 aromatic carbocycles. The Morgan fingerprint density at radius 2 is 2.60 bits per heavy atom. The lowest BCUT2D eigenvalue weighted by atomic mass is 10.5. The molecule has 1 rings (SSSR count). The third-order valence-corrected chi connectivity index (χ3v) is 1.05. The van der Waals surface area contributed by atoms with Gasteiger partial charge in [0, 0.05) is 0 Å². The topological polar surface area (TPSA) is 45.0 Å². The van der Waals surface area contributed by atoms with E-state index in [4.69, 9.17) is 0 Å². The molecule has 1 aliphatic heterocycles. The van der Waals surface area contributed by atoms with Crippen LogP contribution in [0.1, 0.15) is 0 Å². The summed E-state index contributed by atoms with van der Waals surface area (Å²) in [6.45, 7) is 3.67. The minimum Gasteiger partial charge on any atom is -0.279 e. The molecule has 0 radical (unpaired) electrons. The molecule has 4 heteroatoms. The fourth-order valence-electron chi connectivity index (χ4n) is 0.562. The van der Waals surface area contributed by atoms with E-state index >= 15 is 0 Å². The molecule has 0 saturated heterocycles. The standard InChI is InChI=1S/C6H7N3O/c1-2-6(10)9-4-7-3-8-5-9/h2-4H,1,5H2. The largest absolute Gasteiger partial charge is 0.279 e. The van der Waals surface area contributed by atoms with Crippen LogP contribution < -0.4 is 0 Å². The molecule has 0 aromatic heterocycles. The van der Waals surface area contributed by atoms with Crippen molar-refractivity contribution in [3.8, 4) is 0 Å². The van der Waals surface area contributed by atoms with Crippen molar-refractivity contribution >= 4 is 18.6 Å². The summed E-state index contributed by atoms with van der Waals surface area (Å²) < 4.78 is 0. The third kappa shape index (κ3) is 1.28. The second-order valence-electron chi connectivity index (χ2n) is 1.72. The summed E-state index contributed by atoms with van der Waals surface area (Å²) in [7, 11) is 0. The lowest BCUT2D eigenvalue weighted by Gasteiger charge is -2.13. The number of amides is 1. The SMILES string of the molecule is C=CC(=O)N1C=NC=NC1. The number of aliphatic imine (C=N–C) groups is 2. The number of carbonyl (C=O) groups excluding carboxylic acids is 1. The molecule has 0 unspecified atom stereocenters. The molecule has 0 atom stereocenters. The fraction of sp³-hybridized carbons (Fsp3) is 0.167. The van der Waals surface area contributed by atoms with E-state index in [2.05, 4.69) is 16.6 Å². The first-order valence-electron chi connectivity index (χ1n) is 2.79. The number of carbonyl (C=O) groups is 1.